The van der Waals surface area contributed by atoms with Crippen molar-refractivity contribution in [1.82, 2.24) is 15.1 Å². The number of ether oxygens (including phenoxy) is 2. The van der Waals surface area contributed by atoms with Gasteiger partial charge in [0.15, 0.2) is 0 Å². The zero-order chi connectivity index (χ0) is 16.4. The van der Waals surface area contributed by atoms with Gasteiger partial charge in [0.25, 0.3) is 5.91 Å². The first-order valence-electron chi connectivity index (χ1n) is 7.65. The van der Waals surface area contributed by atoms with Gasteiger partial charge >= 0.3 is 0 Å². The number of hydrogen-bond donors (Lipinski definition) is 1. The highest BCUT2D eigenvalue weighted by molar-refractivity contribution is 5.92. The fraction of sp³-hybridized carbons (Fsp3) is 0.412. The molecule has 2 aromatic rings. The summed E-state index contributed by atoms with van der Waals surface area (Å²) < 4.78 is 10.7. The van der Waals surface area contributed by atoms with E-state index in [2.05, 4.69) is 10.2 Å². The molecule has 1 atom stereocenters. The van der Waals surface area contributed by atoms with Crippen molar-refractivity contribution < 1.29 is 14.3 Å². The number of carbonyl (C=O) groups excluding carboxylic acids is 1. The van der Waals surface area contributed by atoms with Gasteiger partial charge in [0.2, 0.25) is 0 Å². The average molecular weight is 315 g/mol. The third-order valence-corrected chi connectivity index (χ3v) is 4.25. The van der Waals surface area contributed by atoms with Crippen LogP contribution in [-0.2, 0) is 0 Å². The topological polar surface area (TPSA) is 67.5 Å². The minimum Gasteiger partial charge on any atom is -0.497 e. The molecule has 0 bridgehead atoms. The van der Waals surface area contributed by atoms with Crippen LogP contribution in [0, 0.1) is 6.92 Å². The standard InChI is InChI=1S/C17H21N3O3/c1-11-6-16(19-18-11)17(21)20-5-4-12(10-20)13-7-14(22-2)9-15(8-13)23-3/h6-9,12H,4-5,10H2,1-3H3,(H,18,19)/t12-/m1/s1. The molecule has 1 aliphatic rings. The molecule has 1 amide bonds. The summed E-state index contributed by atoms with van der Waals surface area (Å²) >= 11 is 0. The molecule has 3 rings (SSSR count). The summed E-state index contributed by atoms with van der Waals surface area (Å²) in [6.45, 7) is 3.30. The summed E-state index contributed by atoms with van der Waals surface area (Å²) in [5.41, 5.74) is 2.50. The summed E-state index contributed by atoms with van der Waals surface area (Å²) in [5.74, 6) is 1.80. The minimum absolute atomic E-state index is 0.0216. The Morgan fingerprint density at radius 3 is 2.48 bits per heavy atom. The van der Waals surface area contributed by atoms with Crippen LogP contribution in [0.25, 0.3) is 0 Å². The van der Waals surface area contributed by atoms with Crippen molar-refractivity contribution in [2.24, 2.45) is 0 Å². The first-order valence-corrected chi connectivity index (χ1v) is 7.65. The molecule has 1 aromatic carbocycles. The van der Waals surface area contributed by atoms with E-state index in [0.29, 0.717) is 12.2 Å². The van der Waals surface area contributed by atoms with Crippen LogP contribution in [0.5, 0.6) is 11.5 Å². The molecule has 1 fully saturated rings. The monoisotopic (exact) mass is 315 g/mol. The van der Waals surface area contributed by atoms with E-state index < -0.39 is 0 Å². The van der Waals surface area contributed by atoms with Crippen molar-refractivity contribution >= 4 is 5.91 Å². The number of aromatic nitrogens is 2. The zero-order valence-corrected chi connectivity index (χ0v) is 13.6. The van der Waals surface area contributed by atoms with E-state index in [-0.39, 0.29) is 11.8 Å². The molecule has 1 aliphatic heterocycles. The highest BCUT2D eigenvalue weighted by atomic mass is 16.5. The molecule has 2 heterocycles. The number of nitrogens with zero attached hydrogens (tertiary/aromatic N) is 2. The molecule has 1 aromatic heterocycles. The van der Waals surface area contributed by atoms with Crippen LogP contribution in [0.1, 0.15) is 34.1 Å². The lowest BCUT2D eigenvalue weighted by Gasteiger charge is -2.16. The number of rotatable bonds is 4. The van der Waals surface area contributed by atoms with Crippen LogP contribution in [-0.4, -0.2) is 48.3 Å². The molecule has 0 radical (unpaired) electrons. The molecule has 0 spiro atoms. The Kier molecular flexibility index (Phi) is 4.23. The Bertz CT molecular complexity index is 689. The molecule has 6 heteroatoms. The van der Waals surface area contributed by atoms with Gasteiger partial charge < -0.3 is 14.4 Å². The van der Waals surface area contributed by atoms with Gasteiger partial charge in [0, 0.05) is 30.8 Å². The first-order chi connectivity index (χ1) is 11.1. The lowest BCUT2D eigenvalue weighted by molar-refractivity contribution is 0.0785. The quantitative estimate of drug-likeness (QED) is 0.940. The minimum atomic E-state index is -0.0216. The molecular formula is C17H21N3O3. The van der Waals surface area contributed by atoms with Crippen molar-refractivity contribution in [2.45, 2.75) is 19.3 Å². The van der Waals surface area contributed by atoms with E-state index in [1.165, 1.54) is 0 Å². The molecule has 1 N–H and O–H groups in total. The van der Waals surface area contributed by atoms with E-state index in [4.69, 9.17) is 9.47 Å². The second-order valence-electron chi connectivity index (χ2n) is 5.82. The number of carbonyl (C=O) groups is 1. The lowest BCUT2D eigenvalue weighted by atomic mass is 9.98. The molecule has 0 saturated carbocycles. The molecule has 0 unspecified atom stereocenters. The number of likely N-dealkylation sites (tertiary alicyclic amines) is 1. The van der Waals surface area contributed by atoms with Crippen LogP contribution in [0.15, 0.2) is 24.3 Å². The predicted octanol–water partition coefficient (Wildman–Crippen LogP) is 2.37. The van der Waals surface area contributed by atoms with Crippen molar-refractivity contribution in [3.8, 4) is 11.5 Å². The zero-order valence-electron chi connectivity index (χ0n) is 13.6. The molecule has 1 saturated heterocycles. The van der Waals surface area contributed by atoms with Gasteiger partial charge in [0.05, 0.1) is 14.2 Å². The molecule has 23 heavy (non-hydrogen) atoms. The second kappa shape index (κ2) is 6.32. The summed E-state index contributed by atoms with van der Waals surface area (Å²) in [6, 6.07) is 7.66. The van der Waals surface area contributed by atoms with Crippen LogP contribution in [0.4, 0.5) is 0 Å². The van der Waals surface area contributed by atoms with Gasteiger partial charge in [-0.1, -0.05) is 0 Å². The maximum atomic E-state index is 12.5. The number of nitrogens with one attached hydrogen (secondary N) is 1. The van der Waals surface area contributed by atoms with Crippen molar-refractivity contribution in [3.63, 3.8) is 0 Å². The average Bonchev–Trinajstić information content (AvgIpc) is 3.22. The Morgan fingerprint density at radius 1 is 1.22 bits per heavy atom. The number of aromatic amines is 1. The Morgan fingerprint density at radius 2 is 1.91 bits per heavy atom. The predicted molar refractivity (Wildman–Crippen MR) is 86.1 cm³/mol. The van der Waals surface area contributed by atoms with Gasteiger partial charge in [0.1, 0.15) is 17.2 Å². The number of methoxy groups -OCH3 is 2. The molecular weight excluding hydrogens is 294 g/mol. The van der Waals surface area contributed by atoms with Gasteiger partial charge in [-0.25, -0.2) is 0 Å². The van der Waals surface area contributed by atoms with Crippen LogP contribution in [0.3, 0.4) is 0 Å². The fourth-order valence-electron chi connectivity index (χ4n) is 2.97. The number of aryl methyl sites for hydroxylation is 1. The molecule has 122 valence electrons. The Balaban J connectivity index is 1.76. The fourth-order valence-corrected chi connectivity index (χ4v) is 2.97. The van der Waals surface area contributed by atoms with Crippen molar-refractivity contribution in [3.05, 3.63) is 41.2 Å². The van der Waals surface area contributed by atoms with Gasteiger partial charge in [-0.3, -0.25) is 9.89 Å². The van der Waals surface area contributed by atoms with Crippen LogP contribution < -0.4 is 9.47 Å². The number of H-pyrrole nitrogens is 1. The first kappa shape index (κ1) is 15.4. The van der Waals surface area contributed by atoms with Gasteiger partial charge in [-0.2, -0.15) is 5.10 Å². The normalized spacial score (nSPS) is 17.3. The smallest absolute Gasteiger partial charge is 0.274 e. The summed E-state index contributed by atoms with van der Waals surface area (Å²) in [6.07, 6.45) is 0.922. The number of hydrogen-bond acceptors (Lipinski definition) is 4. The lowest BCUT2D eigenvalue weighted by Crippen LogP contribution is -2.28. The largest absolute Gasteiger partial charge is 0.497 e. The summed E-state index contributed by atoms with van der Waals surface area (Å²) in [5, 5.41) is 6.87. The Hall–Kier alpha value is -2.50. The highest BCUT2D eigenvalue weighted by Gasteiger charge is 2.29. The van der Waals surface area contributed by atoms with E-state index in [0.717, 1.165) is 35.7 Å². The van der Waals surface area contributed by atoms with Gasteiger partial charge in [-0.15, -0.1) is 0 Å². The maximum Gasteiger partial charge on any atom is 0.274 e. The summed E-state index contributed by atoms with van der Waals surface area (Å²) in [4.78, 5) is 14.3. The van der Waals surface area contributed by atoms with E-state index in [1.807, 2.05) is 30.0 Å². The van der Waals surface area contributed by atoms with Gasteiger partial charge in [-0.05, 0) is 37.1 Å². The second-order valence-corrected chi connectivity index (χ2v) is 5.82. The number of amides is 1. The SMILES string of the molecule is COc1cc(OC)cc([C@@H]2CCN(C(=O)c3cc(C)[nH]n3)C2)c1. The number of benzene rings is 1. The molecule has 0 aliphatic carbocycles. The van der Waals surface area contributed by atoms with Crippen molar-refractivity contribution in [2.75, 3.05) is 27.3 Å². The van der Waals surface area contributed by atoms with E-state index in [1.54, 1.807) is 20.3 Å². The highest BCUT2D eigenvalue weighted by Crippen LogP contribution is 2.33. The van der Waals surface area contributed by atoms with Crippen LogP contribution >= 0.6 is 0 Å². The van der Waals surface area contributed by atoms with E-state index >= 15 is 0 Å². The third kappa shape index (κ3) is 3.16. The third-order valence-electron chi connectivity index (χ3n) is 4.25. The Labute approximate surface area is 135 Å². The molecule has 6 nitrogen and oxygen atoms in total. The maximum absolute atomic E-state index is 12.5. The summed E-state index contributed by atoms with van der Waals surface area (Å²) in [7, 11) is 3.28. The van der Waals surface area contributed by atoms with Crippen LogP contribution in [0.2, 0.25) is 0 Å². The van der Waals surface area contributed by atoms with E-state index in [9.17, 15) is 4.79 Å². The van der Waals surface area contributed by atoms with Crippen molar-refractivity contribution in [1.29, 1.82) is 0 Å².